The highest BCUT2D eigenvalue weighted by Gasteiger charge is 2.38. The number of nitrogens with one attached hydrogen (secondary N) is 2. The summed E-state index contributed by atoms with van der Waals surface area (Å²) in [4.78, 5) is 12.5. The van der Waals surface area contributed by atoms with Gasteiger partial charge >= 0.3 is 13.6 Å². The topological polar surface area (TPSA) is 76.7 Å². The Labute approximate surface area is 161 Å². The lowest BCUT2D eigenvalue weighted by Gasteiger charge is -2.27. The van der Waals surface area contributed by atoms with Crippen LogP contribution in [0.15, 0.2) is 59.1 Å². The summed E-state index contributed by atoms with van der Waals surface area (Å²) in [6.07, 6.45) is 0. The second-order valence-electron chi connectivity index (χ2n) is 5.29. The summed E-state index contributed by atoms with van der Waals surface area (Å²) in [5.41, 5.74) is 1.25. The number of urea groups is 1. The monoisotopic (exact) mass is 440 g/mol. The first-order valence-electron chi connectivity index (χ1n) is 8.25. The van der Waals surface area contributed by atoms with Crippen molar-refractivity contribution in [3.8, 4) is 0 Å². The van der Waals surface area contributed by atoms with Gasteiger partial charge in [0.25, 0.3) is 0 Å². The summed E-state index contributed by atoms with van der Waals surface area (Å²) in [5, 5.41) is 5.45. The van der Waals surface area contributed by atoms with Crippen LogP contribution in [-0.4, -0.2) is 19.2 Å². The molecule has 0 heterocycles. The highest BCUT2D eigenvalue weighted by molar-refractivity contribution is 9.10. The van der Waals surface area contributed by atoms with E-state index in [2.05, 4.69) is 26.6 Å². The van der Waals surface area contributed by atoms with E-state index in [-0.39, 0.29) is 13.2 Å². The first-order valence-corrected chi connectivity index (χ1v) is 10.7. The molecule has 140 valence electrons. The van der Waals surface area contributed by atoms with Crippen molar-refractivity contribution in [3.05, 3.63) is 64.6 Å². The molecule has 0 saturated carbocycles. The lowest BCUT2D eigenvalue weighted by molar-refractivity contribution is 0.205. The van der Waals surface area contributed by atoms with E-state index in [0.29, 0.717) is 11.3 Å². The van der Waals surface area contributed by atoms with Crippen LogP contribution >= 0.6 is 23.5 Å². The van der Waals surface area contributed by atoms with Gasteiger partial charge in [0.15, 0.2) is 5.78 Å². The lowest BCUT2D eigenvalue weighted by atomic mass is 10.2. The highest BCUT2D eigenvalue weighted by Crippen LogP contribution is 2.59. The van der Waals surface area contributed by atoms with Gasteiger partial charge in [-0.1, -0.05) is 46.3 Å². The summed E-state index contributed by atoms with van der Waals surface area (Å²) in [6, 6.07) is 15.6. The molecule has 2 rings (SSSR count). The number of benzene rings is 2. The third-order valence-electron chi connectivity index (χ3n) is 3.42. The van der Waals surface area contributed by atoms with Crippen molar-refractivity contribution in [2.45, 2.75) is 19.6 Å². The summed E-state index contributed by atoms with van der Waals surface area (Å²) in [5.74, 6) is -0.918. The predicted octanol–water partition coefficient (Wildman–Crippen LogP) is 5.54. The van der Waals surface area contributed by atoms with Crippen LogP contribution in [0.25, 0.3) is 0 Å². The molecule has 0 bridgehead atoms. The Balaban J connectivity index is 2.24. The van der Waals surface area contributed by atoms with Crippen LogP contribution in [0.5, 0.6) is 0 Å². The fourth-order valence-corrected chi connectivity index (χ4v) is 4.52. The molecular weight excluding hydrogens is 419 g/mol. The molecule has 0 fully saturated rings. The largest absolute Gasteiger partial charge is 0.357 e. The van der Waals surface area contributed by atoms with Gasteiger partial charge in [-0.15, -0.1) is 0 Å². The molecule has 0 aromatic heterocycles. The molecule has 8 heteroatoms. The molecule has 0 unspecified atom stereocenters. The van der Waals surface area contributed by atoms with Crippen LogP contribution in [0.4, 0.5) is 10.5 Å². The summed E-state index contributed by atoms with van der Waals surface area (Å²) in [6.45, 7) is 3.87. The number of hydrogen-bond donors (Lipinski definition) is 2. The number of halogens is 1. The first kappa shape index (κ1) is 20.6. The Morgan fingerprint density at radius 3 is 2.15 bits per heavy atom. The molecule has 0 spiro atoms. The minimum Gasteiger partial charge on any atom is -0.320 e. The SMILES string of the molecule is CCOP(=O)(OCC)[C@@H](NC(=O)Nc1ccc(Br)cc1)c1ccccc1. The van der Waals surface area contributed by atoms with Gasteiger partial charge in [-0.25, -0.2) is 4.79 Å². The van der Waals surface area contributed by atoms with Crippen molar-refractivity contribution in [3.63, 3.8) is 0 Å². The zero-order valence-corrected chi connectivity index (χ0v) is 17.1. The maximum Gasteiger partial charge on any atom is 0.357 e. The van der Waals surface area contributed by atoms with Crippen molar-refractivity contribution in [2.24, 2.45) is 0 Å². The third-order valence-corrected chi connectivity index (χ3v) is 6.24. The molecule has 0 radical (unpaired) electrons. The van der Waals surface area contributed by atoms with E-state index in [1.165, 1.54) is 0 Å². The minimum atomic E-state index is -3.60. The second kappa shape index (κ2) is 9.88. The van der Waals surface area contributed by atoms with Crippen molar-refractivity contribution in [2.75, 3.05) is 18.5 Å². The number of amides is 2. The maximum absolute atomic E-state index is 13.3. The van der Waals surface area contributed by atoms with Gasteiger partial charge in [0.05, 0.1) is 13.2 Å². The Morgan fingerprint density at radius 2 is 1.62 bits per heavy atom. The van der Waals surface area contributed by atoms with E-state index in [1.54, 1.807) is 50.2 Å². The van der Waals surface area contributed by atoms with E-state index < -0.39 is 19.4 Å². The maximum atomic E-state index is 13.3. The third kappa shape index (κ3) is 5.68. The van der Waals surface area contributed by atoms with Crippen LogP contribution in [0.2, 0.25) is 0 Å². The van der Waals surface area contributed by atoms with E-state index in [9.17, 15) is 9.36 Å². The van der Waals surface area contributed by atoms with E-state index in [1.807, 2.05) is 18.2 Å². The van der Waals surface area contributed by atoms with E-state index in [0.717, 1.165) is 4.47 Å². The number of carbonyl (C=O) groups excluding carboxylic acids is 1. The predicted molar refractivity (Wildman–Crippen MR) is 106 cm³/mol. The van der Waals surface area contributed by atoms with Crippen LogP contribution in [0.3, 0.4) is 0 Å². The Kier molecular flexibility index (Phi) is 7.85. The van der Waals surface area contributed by atoms with Gasteiger partial charge in [-0.2, -0.15) is 0 Å². The highest BCUT2D eigenvalue weighted by atomic mass is 79.9. The molecule has 2 amide bonds. The van der Waals surface area contributed by atoms with Crippen LogP contribution in [0.1, 0.15) is 25.2 Å². The van der Waals surface area contributed by atoms with Crippen molar-refractivity contribution in [1.29, 1.82) is 0 Å². The number of carbonyl (C=O) groups is 1. The number of rotatable bonds is 8. The molecule has 6 nitrogen and oxygen atoms in total. The summed E-state index contributed by atoms with van der Waals surface area (Å²) >= 11 is 3.34. The number of hydrogen-bond acceptors (Lipinski definition) is 4. The molecular formula is C18H22BrN2O4P. The van der Waals surface area contributed by atoms with Gasteiger partial charge in [0.2, 0.25) is 0 Å². The summed E-state index contributed by atoms with van der Waals surface area (Å²) in [7, 11) is -3.60. The van der Waals surface area contributed by atoms with Crippen LogP contribution in [0, 0.1) is 0 Å². The first-order chi connectivity index (χ1) is 12.5. The fourth-order valence-electron chi connectivity index (χ4n) is 2.35. The van der Waals surface area contributed by atoms with Crippen molar-refractivity contribution < 1.29 is 18.4 Å². The molecule has 0 saturated heterocycles. The fraction of sp³-hybridized carbons (Fsp3) is 0.278. The standard InChI is InChI=1S/C18H22BrN2O4P/c1-3-24-26(23,25-4-2)17(14-8-6-5-7-9-14)21-18(22)20-16-12-10-15(19)11-13-16/h5-13,17H,3-4H2,1-2H3,(H2,20,21,22)/t17-/m1/s1. The normalized spacial score (nSPS) is 12.4. The Hall–Kier alpha value is -1.66. The zero-order chi connectivity index (χ0) is 19.0. The van der Waals surface area contributed by atoms with Gasteiger partial charge in [-0.3, -0.25) is 4.57 Å². The van der Waals surface area contributed by atoms with Gasteiger partial charge < -0.3 is 19.7 Å². The van der Waals surface area contributed by atoms with Crippen LogP contribution in [-0.2, 0) is 13.6 Å². The summed E-state index contributed by atoms with van der Waals surface area (Å²) < 4.78 is 25.0. The molecule has 0 aliphatic carbocycles. The molecule has 1 atom stereocenters. The van der Waals surface area contributed by atoms with Gasteiger partial charge in [-0.05, 0) is 43.7 Å². The second-order valence-corrected chi connectivity index (χ2v) is 8.32. The quantitative estimate of drug-likeness (QED) is 0.528. The molecule has 26 heavy (non-hydrogen) atoms. The molecule has 0 aliphatic heterocycles. The van der Waals surface area contributed by atoms with E-state index >= 15 is 0 Å². The Morgan fingerprint density at radius 1 is 1.04 bits per heavy atom. The van der Waals surface area contributed by atoms with Crippen molar-refractivity contribution >= 4 is 35.2 Å². The zero-order valence-electron chi connectivity index (χ0n) is 14.6. The van der Waals surface area contributed by atoms with Crippen LogP contribution < -0.4 is 10.6 Å². The number of anilines is 1. The average molecular weight is 441 g/mol. The van der Waals surface area contributed by atoms with Crippen molar-refractivity contribution in [1.82, 2.24) is 5.32 Å². The van der Waals surface area contributed by atoms with Gasteiger partial charge in [0.1, 0.15) is 0 Å². The molecule has 2 aromatic rings. The minimum absolute atomic E-state index is 0.205. The molecule has 2 N–H and O–H groups in total. The lowest BCUT2D eigenvalue weighted by Crippen LogP contribution is -2.33. The van der Waals surface area contributed by atoms with Gasteiger partial charge in [0, 0.05) is 10.2 Å². The smallest absolute Gasteiger partial charge is 0.320 e. The molecule has 2 aromatic carbocycles. The molecule has 0 aliphatic rings. The van der Waals surface area contributed by atoms with E-state index in [4.69, 9.17) is 9.05 Å². The average Bonchev–Trinajstić information content (AvgIpc) is 2.63. The Bertz CT molecular complexity index is 746.